The molecule has 1 aliphatic carbocycles. The molecule has 0 bridgehead atoms. The van der Waals surface area contributed by atoms with Crippen molar-refractivity contribution in [3.8, 4) is 0 Å². The SMILES string of the molecule is CC(C)(C)c1csc(CNC(=O)NC2CCCCCC2CO)n1. The molecule has 3 N–H and O–H groups in total. The minimum Gasteiger partial charge on any atom is -0.396 e. The average Bonchev–Trinajstić information content (AvgIpc) is 2.87. The summed E-state index contributed by atoms with van der Waals surface area (Å²) >= 11 is 1.58. The van der Waals surface area contributed by atoms with Gasteiger partial charge in [0.05, 0.1) is 12.2 Å². The minimum absolute atomic E-state index is 0.0334. The first-order valence-electron chi connectivity index (χ1n) is 8.50. The van der Waals surface area contributed by atoms with Crippen molar-refractivity contribution in [3.63, 3.8) is 0 Å². The number of thiazole rings is 1. The van der Waals surface area contributed by atoms with Crippen LogP contribution in [0.2, 0.25) is 0 Å². The van der Waals surface area contributed by atoms with E-state index >= 15 is 0 Å². The van der Waals surface area contributed by atoms with Crippen molar-refractivity contribution in [3.05, 3.63) is 16.1 Å². The smallest absolute Gasteiger partial charge is 0.315 e. The molecule has 1 aliphatic rings. The number of carbonyl (C=O) groups is 1. The Balaban J connectivity index is 1.83. The average molecular weight is 340 g/mol. The molecule has 2 amide bonds. The third kappa shape index (κ3) is 5.46. The molecule has 0 spiro atoms. The number of rotatable bonds is 4. The third-order valence-electron chi connectivity index (χ3n) is 4.43. The van der Waals surface area contributed by atoms with E-state index in [-0.39, 0.29) is 30.0 Å². The quantitative estimate of drug-likeness (QED) is 0.738. The predicted molar refractivity (Wildman–Crippen MR) is 93.6 cm³/mol. The van der Waals surface area contributed by atoms with E-state index in [2.05, 4.69) is 41.8 Å². The number of aliphatic hydroxyl groups excluding tert-OH is 1. The van der Waals surface area contributed by atoms with Crippen LogP contribution in [0.5, 0.6) is 0 Å². The summed E-state index contributed by atoms with van der Waals surface area (Å²) in [6.45, 7) is 6.99. The number of amides is 2. The first-order chi connectivity index (χ1) is 10.9. The van der Waals surface area contributed by atoms with Gasteiger partial charge < -0.3 is 15.7 Å². The molecule has 1 heterocycles. The van der Waals surface area contributed by atoms with E-state index < -0.39 is 0 Å². The fraction of sp³-hybridized carbons (Fsp3) is 0.765. The number of carbonyl (C=O) groups excluding carboxylic acids is 1. The maximum Gasteiger partial charge on any atom is 0.315 e. The Labute approximate surface area is 142 Å². The van der Waals surface area contributed by atoms with Gasteiger partial charge in [-0.15, -0.1) is 11.3 Å². The maximum atomic E-state index is 12.1. The molecule has 1 aromatic heterocycles. The number of hydrogen-bond acceptors (Lipinski definition) is 4. The summed E-state index contributed by atoms with van der Waals surface area (Å²) in [4.78, 5) is 16.7. The van der Waals surface area contributed by atoms with Gasteiger partial charge in [0.1, 0.15) is 5.01 Å². The van der Waals surface area contributed by atoms with E-state index in [1.165, 1.54) is 6.42 Å². The zero-order valence-electron chi connectivity index (χ0n) is 14.4. The van der Waals surface area contributed by atoms with E-state index in [0.717, 1.165) is 36.4 Å². The molecular formula is C17H29N3O2S. The first kappa shape index (κ1) is 18.2. The number of nitrogens with zero attached hydrogens (tertiary/aromatic N) is 1. The molecule has 0 aromatic carbocycles. The lowest BCUT2D eigenvalue weighted by Gasteiger charge is -2.24. The summed E-state index contributed by atoms with van der Waals surface area (Å²) in [5.41, 5.74) is 1.09. The van der Waals surface area contributed by atoms with Gasteiger partial charge in [-0.2, -0.15) is 0 Å². The van der Waals surface area contributed by atoms with Gasteiger partial charge in [0, 0.05) is 29.4 Å². The Hall–Kier alpha value is -1.14. The molecule has 0 saturated heterocycles. The highest BCUT2D eigenvalue weighted by Crippen LogP contribution is 2.24. The topological polar surface area (TPSA) is 74.2 Å². The summed E-state index contributed by atoms with van der Waals surface area (Å²) in [7, 11) is 0. The molecule has 1 aromatic rings. The summed E-state index contributed by atoms with van der Waals surface area (Å²) in [5.74, 6) is 0.176. The number of nitrogens with one attached hydrogen (secondary N) is 2. The second-order valence-corrected chi connectivity index (χ2v) is 8.33. The van der Waals surface area contributed by atoms with E-state index in [1.807, 2.05) is 0 Å². The van der Waals surface area contributed by atoms with Crippen molar-refractivity contribution >= 4 is 17.4 Å². The molecule has 23 heavy (non-hydrogen) atoms. The van der Waals surface area contributed by atoms with Crippen molar-refractivity contribution in [2.24, 2.45) is 5.92 Å². The predicted octanol–water partition coefficient (Wildman–Crippen LogP) is 3.18. The molecule has 2 atom stereocenters. The van der Waals surface area contributed by atoms with Gasteiger partial charge >= 0.3 is 6.03 Å². The van der Waals surface area contributed by atoms with Gasteiger partial charge in [-0.05, 0) is 12.8 Å². The van der Waals surface area contributed by atoms with Gasteiger partial charge in [-0.3, -0.25) is 0 Å². The normalized spacial score (nSPS) is 22.4. The summed E-state index contributed by atoms with van der Waals surface area (Å²) in [5, 5.41) is 18.4. The zero-order valence-corrected chi connectivity index (χ0v) is 15.2. The van der Waals surface area contributed by atoms with Crippen LogP contribution >= 0.6 is 11.3 Å². The van der Waals surface area contributed by atoms with Crippen LogP contribution in [0.1, 0.15) is 63.6 Å². The van der Waals surface area contributed by atoms with Gasteiger partial charge in [0.2, 0.25) is 0 Å². The molecule has 0 aliphatic heterocycles. The highest BCUT2D eigenvalue weighted by molar-refractivity contribution is 7.09. The second-order valence-electron chi connectivity index (χ2n) is 7.39. The molecule has 1 fully saturated rings. The van der Waals surface area contributed by atoms with Crippen molar-refractivity contribution in [1.29, 1.82) is 0 Å². The van der Waals surface area contributed by atoms with Crippen LogP contribution < -0.4 is 10.6 Å². The van der Waals surface area contributed by atoms with Gasteiger partial charge in [0.25, 0.3) is 0 Å². The Morgan fingerprint density at radius 1 is 1.35 bits per heavy atom. The number of aromatic nitrogens is 1. The van der Waals surface area contributed by atoms with E-state index in [1.54, 1.807) is 11.3 Å². The van der Waals surface area contributed by atoms with Crippen molar-refractivity contribution in [2.45, 2.75) is 70.9 Å². The second kappa shape index (κ2) is 8.11. The summed E-state index contributed by atoms with van der Waals surface area (Å²) < 4.78 is 0. The fourth-order valence-corrected chi connectivity index (χ4v) is 3.87. The minimum atomic E-state index is -0.164. The lowest BCUT2D eigenvalue weighted by molar-refractivity contribution is 0.179. The van der Waals surface area contributed by atoms with E-state index in [4.69, 9.17) is 0 Å². The molecule has 130 valence electrons. The molecule has 2 rings (SSSR count). The van der Waals surface area contributed by atoms with Crippen LogP contribution in [0.25, 0.3) is 0 Å². The Kier molecular flexibility index (Phi) is 6.41. The molecule has 6 heteroatoms. The Morgan fingerprint density at radius 2 is 2.09 bits per heavy atom. The van der Waals surface area contributed by atoms with Gasteiger partial charge in [0.15, 0.2) is 0 Å². The van der Waals surface area contributed by atoms with Gasteiger partial charge in [-0.25, -0.2) is 9.78 Å². The van der Waals surface area contributed by atoms with Crippen molar-refractivity contribution in [2.75, 3.05) is 6.61 Å². The van der Waals surface area contributed by atoms with Crippen LogP contribution in [0, 0.1) is 5.92 Å². The highest BCUT2D eigenvalue weighted by Gasteiger charge is 2.24. The van der Waals surface area contributed by atoms with Crippen LogP contribution in [0.15, 0.2) is 5.38 Å². The summed E-state index contributed by atoms with van der Waals surface area (Å²) in [6, 6.07) is -0.0909. The lowest BCUT2D eigenvalue weighted by Crippen LogP contribution is -2.45. The van der Waals surface area contributed by atoms with Crippen LogP contribution in [-0.2, 0) is 12.0 Å². The van der Waals surface area contributed by atoms with Crippen molar-refractivity contribution in [1.82, 2.24) is 15.6 Å². The Bertz CT molecular complexity index is 510. The highest BCUT2D eigenvalue weighted by atomic mass is 32.1. The molecular weight excluding hydrogens is 310 g/mol. The van der Waals surface area contributed by atoms with Crippen molar-refractivity contribution < 1.29 is 9.90 Å². The van der Waals surface area contributed by atoms with Crippen LogP contribution in [-0.4, -0.2) is 28.8 Å². The standard InChI is InChI=1S/C17H29N3O2S/c1-17(2,3)14-11-23-15(20-14)9-18-16(22)19-13-8-6-4-5-7-12(13)10-21/h11-13,21H,4-10H2,1-3H3,(H2,18,19,22). The lowest BCUT2D eigenvalue weighted by atomic mass is 9.93. The number of aliphatic hydroxyl groups is 1. The third-order valence-corrected chi connectivity index (χ3v) is 5.28. The first-order valence-corrected chi connectivity index (χ1v) is 9.38. The molecule has 2 unspecified atom stereocenters. The molecule has 1 saturated carbocycles. The van der Waals surface area contributed by atoms with Crippen LogP contribution in [0.3, 0.4) is 0 Å². The fourth-order valence-electron chi connectivity index (χ4n) is 2.90. The van der Waals surface area contributed by atoms with Gasteiger partial charge in [-0.1, -0.05) is 40.0 Å². The molecule has 0 radical (unpaired) electrons. The molecule has 5 nitrogen and oxygen atoms in total. The summed E-state index contributed by atoms with van der Waals surface area (Å²) in [6.07, 6.45) is 5.38. The maximum absolute atomic E-state index is 12.1. The Morgan fingerprint density at radius 3 is 2.74 bits per heavy atom. The zero-order chi connectivity index (χ0) is 16.9. The monoisotopic (exact) mass is 339 g/mol. The van der Waals surface area contributed by atoms with Crippen LogP contribution in [0.4, 0.5) is 4.79 Å². The van der Waals surface area contributed by atoms with E-state index in [0.29, 0.717) is 6.54 Å². The number of urea groups is 1. The van der Waals surface area contributed by atoms with E-state index in [9.17, 15) is 9.90 Å². The number of hydrogen-bond donors (Lipinski definition) is 3. The largest absolute Gasteiger partial charge is 0.396 e.